The van der Waals surface area contributed by atoms with Gasteiger partial charge in [-0.3, -0.25) is 0 Å². The lowest BCUT2D eigenvalue weighted by molar-refractivity contribution is 1.13. The first-order valence-electron chi connectivity index (χ1n) is 5.52. The topological polar surface area (TPSA) is 24.9 Å². The van der Waals surface area contributed by atoms with E-state index in [0.29, 0.717) is 0 Å². The molecule has 1 N–H and O–H groups in total. The summed E-state index contributed by atoms with van der Waals surface area (Å²) in [6, 6.07) is 14.4. The first kappa shape index (κ1) is 10.3. The minimum Gasteiger partial charge on any atom is -0.366 e. The van der Waals surface area contributed by atoms with E-state index in [4.69, 9.17) is 0 Å². The fourth-order valence-electron chi connectivity index (χ4n) is 1.75. The molecule has 0 amide bonds. The molecule has 0 bridgehead atoms. The fourth-order valence-corrected chi connectivity index (χ4v) is 2.42. The second-order valence-corrected chi connectivity index (χ2v) is 4.65. The quantitative estimate of drug-likeness (QED) is 0.750. The number of hydrogen-bond donors (Lipinski definition) is 1. The molecule has 1 aromatic carbocycles. The lowest BCUT2D eigenvalue weighted by Gasteiger charge is -2.05. The van der Waals surface area contributed by atoms with E-state index in [1.807, 2.05) is 24.3 Å². The van der Waals surface area contributed by atoms with Crippen LogP contribution in [0.5, 0.6) is 0 Å². The van der Waals surface area contributed by atoms with Crippen molar-refractivity contribution in [2.45, 2.75) is 6.54 Å². The zero-order valence-corrected chi connectivity index (χ0v) is 10.1. The monoisotopic (exact) mass is 240 g/mol. The third kappa shape index (κ3) is 2.29. The normalized spacial score (nSPS) is 10.6. The van der Waals surface area contributed by atoms with Crippen LogP contribution in [0.25, 0.3) is 10.9 Å². The molecule has 0 radical (unpaired) electrons. The number of nitrogens with one attached hydrogen (secondary N) is 1. The summed E-state index contributed by atoms with van der Waals surface area (Å²) in [7, 11) is 0. The Labute approximate surface area is 104 Å². The van der Waals surface area contributed by atoms with Gasteiger partial charge in [0.15, 0.2) is 0 Å². The number of thiophene rings is 1. The Morgan fingerprint density at radius 3 is 2.88 bits per heavy atom. The molecule has 0 spiro atoms. The predicted octanol–water partition coefficient (Wildman–Crippen LogP) is 3.91. The average molecular weight is 240 g/mol. The Kier molecular flexibility index (Phi) is 2.76. The molecule has 2 aromatic heterocycles. The van der Waals surface area contributed by atoms with E-state index >= 15 is 0 Å². The molecule has 3 heteroatoms. The SMILES string of the molecule is c1ccc2nc(NCc3ccsc3)ccc2c1. The second-order valence-electron chi connectivity index (χ2n) is 3.87. The molecule has 3 aromatic rings. The van der Waals surface area contributed by atoms with E-state index in [-0.39, 0.29) is 0 Å². The summed E-state index contributed by atoms with van der Waals surface area (Å²) in [5.41, 5.74) is 2.33. The molecule has 2 nitrogen and oxygen atoms in total. The van der Waals surface area contributed by atoms with Crippen LogP contribution >= 0.6 is 11.3 Å². The second kappa shape index (κ2) is 4.55. The fraction of sp³-hybridized carbons (Fsp3) is 0.0714. The molecule has 0 saturated carbocycles. The minimum atomic E-state index is 0.828. The van der Waals surface area contributed by atoms with Gasteiger partial charge >= 0.3 is 0 Å². The third-order valence-electron chi connectivity index (χ3n) is 2.65. The van der Waals surface area contributed by atoms with E-state index < -0.39 is 0 Å². The number of aromatic nitrogens is 1. The summed E-state index contributed by atoms with van der Waals surface area (Å²) >= 11 is 1.72. The predicted molar refractivity (Wildman–Crippen MR) is 73.4 cm³/mol. The maximum Gasteiger partial charge on any atom is 0.126 e. The molecule has 0 aliphatic heterocycles. The number of nitrogens with zero attached hydrogens (tertiary/aromatic N) is 1. The average Bonchev–Trinajstić information content (AvgIpc) is 2.89. The summed E-state index contributed by atoms with van der Waals surface area (Å²) in [5.74, 6) is 0.926. The summed E-state index contributed by atoms with van der Waals surface area (Å²) in [6.45, 7) is 0.828. The van der Waals surface area contributed by atoms with Gasteiger partial charge in [0, 0.05) is 11.9 Å². The lowest BCUT2D eigenvalue weighted by Crippen LogP contribution is -1.99. The van der Waals surface area contributed by atoms with Crippen molar-refractivity contribution in [3.8, 4) is 0 Å². The molecule has 0 atom stereocenters. The van der Waals surface area contributed by atoms with E-state index in [9.17, 15) is 0 Å². The molecule has 0 aliphatic rings. The van der Waals surface area contributed by atoms with Crippen molar-refractivity contribution in [3.05, 3.63) is 58.8 Å². The number of rotatable bonds is 3. The summed E-state index contributed by atoms with van der Waals surface area (Å²) in [6.07, 6.45) is 0. The summed E-state index contributed by atoms with van der Waals surface area (Å²) < 4.78 is 0. The van der Waals surface area contributed by atoms with Crippen LogP contribution in [0.4, 0.5) is 5.82 Å². The summed E-state index contributed by atoms with van der Waals surface area (Å²) in [4.78, 5) is 4.57. The zero-order valence-electron chi connectivity index (χ0n) is 9.26. The van der Waals surface area contributed by atoms with Crippen molar-refractivity contribution in [3.63, 3.8) is 0 Å². The van der Waals surface area contributed by atoms with Gasteiger partial charge in [0.2, 0.25) is 0 Å². The van der Waals surface area contributed by atoms with Crippen LogP contribution in [-0.2, 0) is 6.54 Å². The zero-order chi connectivity index (χ0) is 11.5. The number of benzene rings is 1. The molecule has 84 valence electrons. The number of anilines is 1. The highest BCUT2D eigenvalue weighted by Gasteiger charge is 1.98. The van der Waals surface area contributed by atoms with Gasteiger partial charge in [0.1, 0.15) is 5.82 Å². The number of hydrogen-bond acceptors (Lipinski definition) is 3. The third-order valence-corrected chi connectivity index (χ3v) is 3.38. The van der Waals surface area contributed by atoms with Crippen molar-refractivity contribution in [2.24, 2.45) is 0 Å². The van der Waals surface area contributed by atoms with Crippen LogP contribution in [0, 0.1) is 0 Å². The Morgan fingerprint density at radius 1 is 1.06 bits per heavy atom. The highest BCUT2D eigenvalue weighted by molar-refractivity contribution is 7.07. The van der Waals surface area contributed by atoms with E-state index in [0.717, 1.165) is 17.9 Å². The van der Waals surface area contributed by atoms with E-state index in [1.54, 1.807) is 11.3 Å². The van der Waals surface area contributed by atoms with E-state index in [1.165, 1.54) is 10.9 Å². The van der Waals surface area contributed by atoms with Crippen molar-refractivity contribution >= 4 is 28.1 Å². The maximum absolute atomic E-state index is 4.57. The maximum atomic E-state index is 4.57. The highest BCUT2D eigenvalue weighted by Crippen LogP contribution is 2.15. The smallest absolute Gasteiger partial charge is 0.126 e. The van der Waals surface area contributed by atoms with Crippen molar-refractivity contribution in [1.29, 1.82) is 0 Å². The lowest BCUT2D eigenvalue weighted by atomic mass is 10.2. The molecule has 17 heavy (non-hydrogen) atoms. The standard InChI is InChI=1S/C14H12N2S/c1-2-4-13-12(3-1)5-6-14(16-13)15-9-11-7-8-17-10-11/h1-8,10H,9H2,(H,15,16). The molecule has 0 saturated heterocycles. The van der Waals surface area contributed by atoms with Crippen LogP contribution in [0.3, 0.4) is 0 Å². The number of para-hydroxylation sites is 1. The van der Waals surface area contributed by atoms with Crippen LogP contribution in [0.15, 0.2) is 53.2 Å². The molecular weight excluding hydrogens is 228 g/mol. The van der Waals surface area contributed by atoms with Crippen LogP contribution in [0.2, 0.25) is 0 Å². The molecular formula is C14H12N2S. The first-order chi connectivity index (χ1) is 8.42. The van der Waals surface area contributed by atoms with Gasteiger partial charge in [-0.2, -0.15) is 11.3 Å². The van der Waals surface area contributed by atoms with Crippen molar-refractivity contribution in [2.75, 3.05) is 5.32 Å². The molecule has 0 unspecified atom stereocenters. The molecule has 0 aliphatic carbocycles. The van der Waals surface area contributed by atoms with Crippen LogP contribution < -0.4 is 5.32 Å². The van der Waals surface area contributed by atoms with Crippen molar-refractivity contribution < 1.29 is 0 Å². The van der Waals surface area contributed by atoms with Gasteiger partial charge in [0.25, 0.3) is 0 Å². The minimum absolute atomic E-state index is 0.828. The van der Waals surface area contributed by atoms with Crippen molar-refractivity contribution in [1.82, 2.24) is 4.98 Å². The van der Waals surface area contributed by atoms with Gasteiger partial charge in [0.05, 0.1) is 5.52 Å². The largest absolute Gasteiger partial charge is 0.366 e. The Morgan fingerprint density at radius 2 is 2.00 bits per heavy atom. The molecule has 2 heterocycles. The van der Waals surface area contributed by atoms with Gasteiger partial charge < -0.3 is 5.32 Å². The van der Waals surface area contributed by atoms with Gasteiger partial charge in [-0.1, -0.05) is 18.2 Å². The Hall–Kier alpha value is -1.87. The van der Waals surface area contributed by atoms with Gasteiger partial charge in [-0.05, 0) is 40.6 Å². The Bertz CT molecular complexity index is 617. The molecule has 3 rings (SSSR count). The summed E-state index contributed by atoms with van der Waals surface area (Å²) in [5, 5.41) is 8.74. The van der Waals surface area contributed by atoms with Gasteiger partial charge in [-0.25, -0.2) is 4.98 Å². The highest BCUT2D eigenvalue weighted by atomic mass is 32.1. The van der Waals surface area contributed by atoms with Gasteiger partial charge in [-0.15, -0.1) is 0 Å². The number of pyridine rings is 1. The van der Waals surface area contributed by atoms with Crippen LogP contribution in [0.1, 0.15) is 5.56 Å². The van der Waals surface area contributed by atoms with Crippen LogP contribution in [-0.4, -0.2) is 4.98 Å². The number of fused-ring (bicyclic) bond motifs is 1. The Balaban J connectivity index is 1.81. The molecule has 0 fully saturated rings. The van der Waals surface area contributed by atoms with E-state index in [2.05, 4.69) is 39.3 Å². The first-order valence-corrected chi connectivity index (χ1v) is 6.47.